The minimum atomic E-state index is -0.928. The van der Waals surface area contributed by atoms with E-state index in [9.17, 15) is 14.4 Å². The van der Waals surface area contributed by atoms with Crippen molar-refractivity contribution in [2.45, 2.75) is 17.0 Å². The van der Waals surface area contributed by atoms with Gasteiger partial charge in [0.2, 0.25) is 0 Å². The molecule has 0 spiro atoms. The number of nitrogens with two attached hydrogens (primary N) is 3. The Kier molecular flexibility index (Phi) is 23.5. The lowest BCUT2D eigenvalue weighted by molar-refractivity contribution is 0.0691. The van der Waals surface area contributed by atoms with Gasteiger partial charge in [-0.25, -0.2) is 24.7 Å². The van der Waals surface area contributed by atoms with E-state index in [2.05, 4.69) is 48.9 Å². The third kappa shape index (κ3) is 19.9. The number of rotatable bonds is 14. The van der Waals surface area contributed by atoms with E-state index in [1.54, 1.807) is 62.0 Å². The van der Waals surface area contributed by atoms with Crippen LogP contribution in [0, 0.1) is 0 Å². The molecule has 0 aliphatic heterocycles. The molecule has 0 saturated heterocycles. The zero-order valence-electron chi connectivity index (χ0n) is 42.7. The van der Waals surface area contributed by atoms with Crippen molar-refractivity contribution >= 4 is 91.5 Å². The fraction of sp³-hybridized carbons (Fsp3) is 0.0508. The number of aromatic carboxylic acids is 1. The first-order chi connectivity index (χ1) is 38.3. The summed E-state index contributed by atoms with van der Waals surface area (Å²) < 4.78 is 17.3. The third-order valence-electron chi connectivity index (χ3n) is 10.1. The second kappa shape index (κ2) is 31.3. The number of benzene rings is 6. The van der Waals surface area contributed by atoms with Gasteiger partial charge in [0.15, 0.2) is 21.2 Å². The minimum Gasteiger partial charge on any atom is -0.478 e. The molecule has 0 saturated carbocycles. The Morgan fingerprint density at radius 3 is 1.39 bits per heavy atom. The highest BCUT2D eigenvalue weighted by atomic mass is 32.2. The van der Waals surface area contributed by atoms with Crippen LogP contribution in [0.4, 0.5) is 10.3 Å². The van der Waals surface area contributed by atoms with Gasteiger partial charge in [-0.3, -0.25) is 14.9 Å². The van der Waals surface area contributed by atoms with Crippen LogP contribution in [0.5, 0.6) is 34.5 Å². The molecular formula is C59H52N8O7S5. The van der Waals surface area contributed by atoms with Gasteiger partial charge in [0.1, 0.15) is 44.5 Å². The molecule has 0 aliphatic carbocycles. The minimum absolute atomic E-state index is 0.000000000000000222. The van der Waals surface area contributed by atoms with Gasteiger partial charge in [-0.05, 0) is 129 Å². The van der Waals surface area contributed by atoms with Crippen molar-refractivity contribution in [2.75, 3.05) is 23.6 Å². The maximum absolute atomic E-state index is 12.6. The van der Waals surface area contributed by atoms with Crippen molar-refractivity contribution in [3.63, 3.8) is 0 Å². The number of aromatic nitrogens is 4. The highest BCUT2D eigenvalue weighted by Crippen LogP contribution is 2.32. The monoisotopic (exact) mass is 1140 g/mol. The van der Waals surface area contributed by atoms with E-state index in [1.807, 2.05) is 169 Å². The number of para-hydroxylation sites is 3. The first-order valence-electron chi connectivity index (χ1n) is 23.5. The number of amides is 1. The van der Waals surface area contributed by atoms with E-state index in [4.69, 9.17) is 25.1 Å². The zero-order valence-corrected chi connectivity index (χ0v) is 46.7. The number of carbonyl (C=O) groups excluding carboxylic acids is 2. The van der Waals surface area contributed by atoms with Crippen molar-refractivity contribution in [1.82, 2.24) is 19.9 Å². The van der Waals surface area contributed by atoms with Crippen LogP contribution < -0.4 is 36.7 Å². The van der Waals surface area contributed by atoms with E-state index in [-0.39, 0.29) is 22.4 Å². The van der Waals surface area contributed by atoms with Crippen LogP contribution in [0.2, 0.25) is 0 Å². The van der Waals surface area contributed by atoms with E-state index in [0.717, 1.165) is 51.3 Å². The predicted molar refractivity (Wildman–Crippen MR) is 323 cm³/mol. The van der Waals surface area contributed by atoms with Gasteiger partial charge in [-0.15, -0.1) is 46.2 Å². The summed E-state index contributed by atoms with van der Waals surface area (Å²) in [7, 11) is 0. The number of thiocarbonyl (C=S) groups is 1. The smallest absolute Gasteiger partial charge is 0.338 e. The normalized spacial score (nSPS) is 9.96. The Bertz CT molecular complexity index is 3550. The van der Waals surface area contributed by atoms with Crippen molar-refractivity contribution in [2.24, 2.45) is 11.5 Å². The van der Waals surface area contributed by atoms with Crippen LogP contribution in [-0.4, -0.2) is 60.3 Å². The lowest BCUT2D eigenvalue weighted by atomic mass is 10.1. The Morgan fingerprint density at radius 1 is 0.544 bits per heavy atom. The summed E-state index contributed by atoms with van der Waals surface area (Å²) in [6, 6.07) is 58.2. The number of carbonyl (C=O) groups is 3. The number of carboxylic acids is 1. The number of thioether (sulfide) groups is 2. The number of hydrogen-bond donors (Lipinski definition) is 5. The molecule has 4 heterocycles. The molecule has 10 rings (SSSR count). The maximum Gasteiger partial charge on any atom is 0.338 e. The summed E-state index contributed by atoms with van der Waals surface area (Å²) in [5.41, 5.74) is 19.9. The number of pyridine rings is 2. The van der Waals surface area contributed by atoms with E-state index < -0.39 is 5.97 Å². The van der Waals surface area contributed by atoms with E-state index in [0.29, 0.717) is 37.2 Å². The predicted octanol–water partition coefficient (Wildman–Crippen LogP) is 14.5. The van der Waals surface area contributed by atoms with Gasteiger partial charge in [0.25, 0.3) is 5.91 Å². The number of nitrogens with one attached hydrogen (secondary N) is 1. The van der Waals surface area contributed by atoms with Crippen LogP contribution in [0.1, 0.15) is 38.0 Å². The first kappa shape index (κ1) is 59.3. The lowest BCUT2D eigenvalue weighted by Gasteiger charge is -2.07. The molecule has 0 fully saturated rings. The summed E-state index contributed by atoms with van der Waals surface area (Å²) >= 11 is 9.67. The lowest BCUT2D eigenvalue weighted by Crippen LogP contribution is -2.18. The highest BCUT2D eigenvalue weighted by molar-refractivity contribution is 7.98. The SMILES string of the molecule is CC(=O)c1cccc(Oc2ccccc2)c1.CSc1ncccc1C(=O)Nc1nc(-c2cccc(Oc3ccccc3)c2)cs1.CSc1ncccc1C(=O)O.NC(N)=S.Nc1nc(-c2cccc(Oc3ccccc3)c2)cs1. The van der Waals surface area contributed by atoms with Crippen molar-refractivity contribution in [3.8, 4) is 57.0 Å². The average Bonchev–Trinajstić information content (AvgIpc) is 4.14. The molecule has 15 nitrogen and oxygen atoms in total. The molecule has 6 aromatic carbocycles. The average molecular weight is 1150 g/mol. The molecule has 0 unspecified atom stereocenters. The summed E-state index contributed by atoms with van der Waals surface area (Å²) in [5, 5.41) is 17.7. The molecule has 400 valence electrons. The van der Waals surface area contributed by atoms with Gasteiger partial charge in [-0.1, -0.05) is 91.0 Å². The van der Waals surface area contributed by atoms with E-state index in [1.165, 1.54) is 46.2 Å². The second-order valence-corrected chi connectivity index (χ2v) is 19.6. The van der Waals surface area contributed by atoms with Crippen LogP contribution in [0.15, 0.2) is 221 Å². The maximum atomic E-state index is 12.6. The summed E-state index contributed by atoms with van der Waals surface area (Å²) in [6.07, 6.45) is 6.95. The Labute approximate surface area is 478 Å². The number of nitrogen functional groups attached to an aromatic ring is 1. The molecule has 0 atom stereocenters. The fourth-order valence-corrected chi connectivity index (χ4v) is 8.96. The molecule has 79 heavy (non-hydrogen) atoms. The summed E-state index contributed by atoms with van der Waals surface area (Å²) in [5.74, 6) is 3.45. The number of ether oxygens (including phenoxy) is 3. The second-order valence-electron chi connectivity index (χ2n) is 15.8. The standard InChI is InChI=1S/C22H17N3O2S2.C15H12N2OS.C14H12O2.C7H7NO2S.CH4N2S/c1-28-21-18(11-6-12-23-21)20(26)25-22-24-19(14-29-22)15-7-5-10-17(13-15)27-16-8-3-2-4-9-16;16-15-17-14(10-19-15)11-5-4-8-13(9-11)18-12-6-2-1-3-7-12;1-11(15)12-6-5-9-14(10-12)16-13-7-3-2-4-8-13;1-11-6-5(7(9)10)3-2-4-8-6;2-1(3)4/h2-14H,1H3,(H,24,25,26);1-10H,(H2,16,17);2-10H,1H3;2-4H,1H3,(H,9,10);(H4,2,3,4). The van der Waals surface area contributed by atoms with Crippen molar-refractivity contribution in [3.05, 3.63) is 228 Å². The number of Topliss-reactive ketones (excluding diaryl/α,β-unsaturated/α-hetero) is 1. The van der Waals surface area contributed by atoms with Crippen LogP contribution in [-0.2, 0) is 0 Å². The van der Waals surface area contributed by atoms with Gasteiger partial charge >= 0.3 is 5.97 Å². The quantitative estimate of drug-likeness (QED) is 0.0386. The Morgan fingerprint density at radius 2 is 0.962 bits per heavy atom. The summed E-state index contributed by atoms with van der Waals surface area (Å²) in [6.45, 7) is 1.54. The largest absolute Gasteiger partial charge is 0.478 e. The molecule has 0 bridgehead atoms. The topological polar surface area (TPSA) is 241 Å². The molecule has 4 aromatic heterocycles. The zero-order chi connectivity index (χ0) is 56.4. The van der Waals surface area contributed by atoms with Gasteiger partial charge in [0.05, 0.1) is 22.5 Å². The van der Waals surface area contributed by atoms with Gasteiger partial charge in [0, 0.05) is 39.8 Å². The summed E-state index contributed by atoms with van der Waals surface area (Å²) in [4.78, 5) is 51.3. The molecule has 8 N–H and O–H groups in total. The number of thiazole rings is 2. The third-order valence-corrected chi connectivity index (χ3v) is 12.9. The van der Waals surface area contributed by atoms with Gasteiger partial charge in [-0.2, -0.15) is 0 Å². The molecule has 0 radical (unpaired) electrons. The molecule has 1 amide bonds. The van der Waals surface area contributed by atoms with E-state index >= 15 is 0 Å². The van der Waals surface area contributed by atoms with Crippen LogP contribution in [0.3, 0.4) is 0 Å². The number of anilines is 2. The first-order valence-corrected chi connectivity index (χ1v) is 28.1. The Balaban J connectivity index is 0.000000175. The van der Waals surface area contributed by atoms with Gasteiger partial charge < -0.3 is 36.5 Å². The van der Waals surface area contributed by atoms with Crippen molar-refractivity contribution < 1.29 is 33.7 Å². The number of ketones is 1. The number of carboxylic acid groups (broad SMARTS) is 1. The molecule has 20 heteroatoms. The Hall–Kier alpha value is -8.92. The number of hydrogen-bond acceptors (Lipinski definition) is 16. The van der Waals surface area contributed by atoms with Crippen LogP contribution >= 0.6 is 58.4 Å². The highest BCUT2D eigenvalue weighted by Gasteiger charge is 2.15. The molecular weight excluding hydrogens is 1090 g/mol. The fourth-order valence-electron chi connectivity index (χ4n) is 6.58. The molecule has 0 aliphatic rings. The van der Waals surface area contributed by atoms with Crippen LogP contribution in [0.25, 0.3) is 22.5 Å². The number of nitrogens with zero attached hydrogens (tertiary/aromatic N) is 4. The van der Waals surface area contributed by atoms with Crippen molar-refractivity contribution in [1.29, 1.82) is 0 Å². The molecule has 10 aromatic rings.